The minimum Gasteiger partial charge on any atom is -0.383 e. The van der Waals surface area contributed by atoms with Gasteiger partial charge in [-0.25, -0.2) is 0 Å². The molecule has 7 heteroatoms. The standard InChI is InChI=1S/C17H24N4O3/c1-19-5-7-20(8-6-19)17(22)15-12-21(9-10-24-2)16-11-13(18-23)3-4-14(15)16/h3-4,11-12,18,23H,5-10H2,1-2H3. The van der Waals surface area contributed by atoms with E-state index < -0.39 is 0 Å². The Labute approximate surface area is 141 Å². The number of nitrogens with one attached hydrogen (secondary N) is 1. The molecule has 0 unspecified atom stereocenters. The zero-order valence-corrected chi connectivity index (χ0v) is 14.2. The first-order chi connectivity index (χ1) is 11.6. The molecule has 0 aliphatic carbocycles. The number of fused-ring (bicyclic) bond motifs is 1. The normalized spacial score (nSPS) is 15.9. The third-order valence-corrected chi connectivity index (χ3v) is 4.57. The van der Waals surface area contributed by atoms with E-state index in [2.05, 4.69) is 17.4 Å². The summed E-state index contributed by atoms with van der Waals surface area (Å²) in [4.78, 5) is 17.1. The summed E-state index contributed by atoms with van der Waals surface area (Å²) in [6.07, 6.45) is 1.89. The quantitative estimate of drug-likeness (QED) is 0.812. The molecule has 2 heterocycles. The number of aromatic nitrogens is 1. The largest absolute Gasteiger partial charge is 0.383 e. The monoisotopic (exact) mass is 332 g/mol. The van der Waals surface area contributed by atoms with Crippen LogP contribution in [0.4, 0.5) is 5.69 Å². The van der Waals surface area contributed by atoms with Crippen molar-refractivity contribution in [1.82, 2.24) is 14.4 Å². The zero-order chi connectivity index (χ0) is 17.1. The highest BCUT2D eigenvalue weighted by atomic mass is 16.5. The van der Waals surface area contributed by atoms with Gasteiger partial charge in [-0.3, -0.25) is 15.5 Å². The summed E-state index contributed by atoms with van der Waals surface area (Å²) in [5.41, 5.74) is 4.37. The van der Waals surface area contributed by atoms with Gasteiger partial charge in [-0.2, -0.15) is 0 Å². The maximum Gasteiger partial charge on any atom is 0.256 e. The van der Waals surface area contributed by atoms with Crippen molar-refractivity contribution in [1.29, 1.82) is 0 Å². The number of rotatable bonds is 5. The van der Waals surface area contributed by atoms with Crippen LogP contribution in [0.3, 0.4) is 0 Å². The second-order valence-electron chi connectivity index (χ2n) is 6.17. The maximum atomic E-state index is 13.0. The average molecular weight is 332 g/mol. The second kappa shape index (κ2) is 7.21. The molecule has 0 bridgehead atoms. The van der Waals surface area contributed by atoms with Crippen LogP contribution in [0.2, 0.25) is 0 Å². The molecule has 7 nitrogen and oxygen atoms in total. The van der Waals surface area contributed by atoms with Gasteiger partial charge in [0.25, 0.3) is 5.91 Å². The Kier molecular flexibility index (Phi) is 5.03. The number of carbonyl (C=O) groups excluding carboxylic acids is 1. The van der Waals surface area contributed by atoms with Gasteiger partial charge in [0.15, 0.2) is 0 Å². The Balaban J connectivity index is 1.96. The highest BCUT2D eigenvalue weighted by Crippen LogP contribution is 2.26. The van der Waals surface area contributed by atoms with Crippen molar-refractivity contribution < 1.29 is 14.7 Å². The number of benzene rings is 1. The summed E-state index contributed by atoms with van der Waals surface area (Å²) in [6, 6.07) is 5.48. The Morgan fingerprint density at radius 2 is 2.04 bits per heavy atom. The highest BCUT2D eigenvalue weighted by molar-refractivity contribution is 6.07. The van der Waals surface area contributed by atoms with Crippen LogP contribution in [0.1, 0.15) is 10.4 Å². The average Bonchev–Trinajstić information content (AvgIpc) is 2.97. The number of piperazine rings is 1. The smallest absolute Gasteiger partial charge is 0.256 e. The predicted octanol–water partition coefficient (Wildman–Crippen LogP) is 1.48. The SMILES string of the molecule is COCCn1cc(C(=O)N2CCN(C)CC2)c2ccc(NO)cc21. The van der Waals surface area contributed by atoms with E-state index in [0.29, 0.717) is 24.4 Å². The van der Waals surface area contributed by atoms with Crippen LogP contribution in [0.25, 0.3) is 10.9 Å². The van der Waals surface area contributed by atoms with E-state index in [1.165, 1.54) is 0 Å². The number of likely N-dealkylation sites (N-methyl/N-ethyl adjacent to an activating group) is 1. The molecule has 0 spiro atoms. The van der Waals surface area contributed by atoms with Crippen molar-refractivity contribution in [2.24, 2.45) is 0 Å². The van der Waals surface area contributed by atoms with Gasteiger partial charge in [-0.1, -0.05) is 0 Å². The molecule has 2 N–H and O–H groups in total. The van der Waals surface area contributed by atoms with Gasteiger partial charge in [0, 0.05) is 51.4 Å². The fourth-order valence-electron chi connectivity index (χ4n) is 3.09. The first-order valence-electron chi connectivity index (χ1n) is 8.14. The fourth-order valence-corrected chi connectivity index (χ4v) is 3.09. The van der Waals surface area contributed by atoms with E-state index in [0.717, 1.165) is 37.1 Å². The topological polar surface area (TPSA) is 70.0 Å². The summed E-state index contributed by atoms with van der Waals surface area (Å²) in [5, 5.41) is 10.0. The number of methoxy groups -OCH3 is 1. The molecule has 1 aromatic carbocycles. The Morgan fingerprint density at radius 3 is 2.71 bits per heavy atom. The minimum atomic E-state index is 0.0639. The van der Waals surface area contributed by atoms with Gasteiger partial charge in [0.1, 0.15) is 0 Å². The zero-order valence-electron chi connectivity index (χ0n) is 14.2. The predicted molar refractivity (Wildman–Crippen MR) is 92.6 cm³/mol. The number of nitrogens with zero attached hydrogens (tertiary/aromatic N) is 3. The van der Waals surface area contributed by atoms with E-state index >= 15 is 0 Å². The molecular weight excluding hydrogens is 308 g/mol. The van der Waals surface area contributed by atoms with Gasteiger partial charge >= 0.3 is 0 Å². The van der Waals surface area contributed by atoms with Gasteiger partial charge in [-0.05, 0) is 25.2 Å². The highest BCUT2D eigenvalue weighted by Gasteiger charge is 2.23. The van der Waals surface area contributed by atoms with Crippen LogP contribution in [0.5, 0.6) is 0 Å². The molecule has 24 heavy (non-hydrogen) atoms. The molecule has 1 aromatic heterocycles. The lowest BCUT2D eigenvalue weighted by molar-refractivity contribution is 0.0665. The Bertz CT molecular complexity index is 720. The van der Waals surface area contributed by atoms with Crippen LogP contribution >= 0.6 is 0 Å². The van der Waals surface area contributed by atoms with Gasteiger partial charge < -0.3 is 19.1 Å². The van der Waals surface area contributed by atoms with E-state index in [1.54, 1.807) is 13.2 Å². The minimum absolute atomic E-state index is 0.0639. The molecule has 130 valence electrons. The van der Waals surface area contributed by atoms with Crippen molar-refractivity contribution in [3.63, 3.8) is 0 Å². The summed E-state index contributed by atoms with van der Waals surface area (Å²) < 4.78 is 7.17. The number of hydrogen-bond acceptors (Lipinski definition) is 5. The molecule has 0 radical (unpaired) electrons. The number of hydrogen-bond donors (Lipinski definition) is 2. The van der Waals surface area contributed by atoms with Crippen LogP contribution < -0.4 is 5.48 Å². The van der Waals surface area contributed by atoms with Crippen molar-refractivity contribution in [3.05, 3.63) is 30.0 Å². The third kappa shape index (κ3) is 3.24. The molecule has 1 saturated heterocycles. The first kappa shape index (κ1) is 16.8. The number of anilines is 1. The van der Waals surface area contributed by atoms with Crippen LogP contribution in [-0.4, -0.2) is 72.4 Å². The van der Waals surface area contributed by atoms with Crippen molar-refractivity contribution >= 4 is 22.5 Å². The van der Waals surface area contributed by atoms with Crippen LogP contribution in [0, 0.1) is 0 Å². The third-order valence-electron chi connectivity index (χ3n) is 4.57. The van der Waals surface area contributed by atoms with E-state index in [-0.39, 0.29) is 5.91 Å². The van der Waals surface area contributed by atoms with E-state index in [1.807, 2.05) is 27.8 Å². The van der Waals surface area contributed by atoms with Crippen molar-refractivity contribution in [2.75, 3.05) is 52.4 Å². The number of amides is 1. The molecule has 1 aliphatic heterocycles. The molecule has 0 saturated carbocycles. The molecular formula is C17H24N4O3. The second-order valence-corrected chi connectivity index (χ2v) is 6.17. The van der Waals surface area contributed by atoms with Crippen molar-refractivity contribution in [2.45, 2.75) is 6.54 Å². The fraction of sp³-hybridized carbons (Fsp3) is 0.471. The molecule has 0 atom stereocenters. The lowest BCUT2D eigenvalue weighted by Crippen LogP contribution is -2.47. The first-order valence-corrected chi connectivity index (χ1v) is 8.14. The summed E-state index contributed by atoms with van der Waals surface area (Å²) >= 11 is 0. The van der Waals surface area contributed by atoms with Gasteiger partial charge in [-0.15, -0.1) is 0 Å². The molecule has 1 fully saturated rings. The van der Waals surface area contributed by atoms with Crippen LogP contribution in [-0.2, 0) is 11.3 Å². The van der Waals surface area contributed by atoms with E-state index in [9.17, 15) is 4.79 Å². The lowest BCUT2D eigenvalue weighted by Gasteiger charge is -2.32. The Hall–Kier alpha value is -2.09. The molecule has 1 aliphatic rings. The molecule has 2 aromatic rings. The number of ether oxygens (including phenoxy) is 1. The van der Waals surface area contributed by atoms with Crippen molar-refractivity contribution in [3.8, 4) is 0 Å². The summed E-state index contributed by atoms with van der Waals surface area (Å²) in [5.74, 6) is 0.0639. The lowest BCUT2D eigenvalue weighted by atomic mass is 10.1. The van der Waals surface area contributed by atoms with Gasteiger partial charge in [0.05, 0.1) is 23.4 Å². The van der Waals surface area contributed by atoms with E-state index in [4.69, 9.17) is 9.94 Å². The molecule has 1 amide bonds. The summed E-state index contributed by atoms with van der Waals surface area (Å²) in [7, 11) is 3.73. The summed E-state index contributed by atoms with van der Waals surface area (Å²) in [6.45, 7) is 4.49. The Morgan fingerprint density at radius 1 is 1.29 bits per heavy atom. The van der Waals surface area contributed by atoms with Gasteiger partial charge in [0.2, 0.25) is 0 Å². The van der Waals surface area contributed by atoms with Crippen LogP contribution in [0.15, 0.2) is 24.4 Å². The number of carbonyl (C=O) groups is 1. The molecule has 3 rings (SSSR count). The maximum absolute atomic E-state index is 13.0.